The normalized spacial score (nSPS) is 20.4. The number of hydrogen-bond acceptors (Lipinski definition) is 5. The molecular weight excluding hydrogens is 245 g/mol. The Morgan fingerprint density at radius 2 is 1.74 bits per heavy atom. The van der Waals surface area contributed by atoms with E-state index in [0.29, 0.717) is 11.4 Å². The topological polar surface area (TPSA) is 73.3 Å². The quantitative estimate of drug-likeness (QED) is 0.796. The number of nitrogens with zero attached hydrogens (tertiary/aromatic N) is 2. The van der Waals surface area contributed by atoms with Gasteiger partial charge in [0.25, 0.3) is 0 Å². The zero-order valence-electron chi connectivity index (χ0n) is 11.9. The number of amides is 1. The van der Waals surface area contributed by atoms with Crippen LogP contribution < -0.4 is 10.9 Å². The molecule has 1 fully saturated rings. The van der Waals surface area contributed by atoms with Gasteiger partial charge >= 0.3 is 7.12 Å². The van der Waals surface area contributed by atoms with E-state index in [1.54, 1.807) is 6.20 Å². The number of rotatable bonds is 2. The van der Waals surface area contributed by atoms with Crippen LogP contribution in [0.1, 0.15) is 34.6 Å². The molecular formula is C12H18BN3O3. The van der Waals surface area contributed by atoms with E-state index in [2.05, 4.69) is 15.3 Å². The Kier molecular flexibility index (Phi) is 3.36. The van der Waals surface area contributed by atoms with Crippen molar-refractivity contribution in [3.05, 3.63) is 12.4 Å². The number of aromatic nitrogens is 2. The van der Waals surface area contributed by atoms with Crippen molar-refractivity contribution in [1.82, 2.24) is 9.97 Å². The molecule has 102 valence electrons. The van der Waals surface area contributed by atoms with Gasteiger partial charge in [0, 0.05) is 13.1 Å². The van der Waals surface area contributed by atoms with Crippen molar-refractivity contribution in [1.29, 1.82) is 0 Å². The summed E-state index contributed by atoms with van der Waals surface area (Å²) >= 11 is 0. The molecule has 1 aliphatic rings. The predicted molar refractivity (Wildman–Crippen MR) is 72.1 cm³/mol. The predicted octanol–water partition coefficient (Wildman–Crippen LogP) is 0.734. The fourth-order valence-electron chi connectivity index (χ4n) is 1.67. The van der Waals surface area contributed by atoms with Gasteiger partial charge in [-0.05, 0) is 27.7 Å². The highest BCUT2D eigenvalue weighted by Gasteiger charge is 2.52. The van der Waals surface area contributed by atoms with Gasteiger partial charge in [0.1, 0.15) is 0 Å². The second-order valence-electron chi connectivity index (χ2n) is 5.60. The number of hydrogen-bond donors (Lipinski definition) is 1. The fourth-order valence-corrected chi connectivity index (χ4v) is 1.67. The summed E-state index contributed by atoms with van der Waals surface area (Å²) in [6.07, 6.45) is 3.04. The minimum atomic E-state index is -0.538. The first-order valence-corrected chi connectivity index (χ1v) is 6.16. The first-order chi connectivity index (χ1) is 8.71. The van der Waals surface area contributed by atoms with Gasteiger partial charge < -0.3 is 14.6 Å². The molecule has 0 radical (unpaired) electrons. The maximum atomic E-state index is 10.9. The Balaban J connectivity index is 2.14. The summed E-state index contributed by atoms with van der Waals surface area (Å²) in [6, 6.07) is 0. The summed E-state index contributed by atoms with van der Waals surface area (Å²) in [6.45, 7) is 9.33. The standard InChI is InChI=1S/C12H18BN3O3/c1-8(17)16-10-7-14-9(6-15-10)13-18-11(2,3)12(4,5)19-13/h6-7H,1-5H3,(H,15,16,17). The van der Waals surface area contributed by atoms with Gasteiger partial charge in [0.2, 0.25) is 5.91 Å². The van der Waals surface area contributed by atoms with Crippen molar-refractivity contribution in [2.45, 2.75) is 45.8 Å². The Bertz CT molecular complexity index is 471. The molecule has 7 heteroatoms. The van der Waals surface area contributed by atoms with Gasteiger partial charge in [-0.3, -0.25) is 9.78 Å². The first-order valence-electron chi connectivity index (χ1n) is 6.16. The lowest BCUT2D eigenvalue weighted by Crippen LogP contribution is -2.41. The molecule has 0 unspecified atom stereocenters. The number of nitrogens with one attached hydrogen (secondary N) is 1. The Hall–Kier alpha value is -1.47. The summed E-state index contributed by atoms with van der Waals surface area (Å²) in [5.41, 5.74) is -0.224. The van der Waals surface area contributed by atoms with Gasteiger partial charge in [-0.15, -0.1) is 0 Å². The lowest BCUT2D eigenvalue weighted by Gasteiger charge is -2.32. The average Bonchev–Trinajstić information content (AvgIpc) is 2.48. The minimum absolute atomic E-state index is 0.183. The Labute approximate surface area is 113 Å². The zero-order valence-corrected chi connectivity index (χ0v) is 11.9. The van der Waals surface area contributed by atoms with Crippen LogP contribution >= 0.6 is 0 Å². The third-order valence-corrected chi connectivity index (χ3v) is 3.47. The van der Waals surface area contributed by atoms with Crippen molar-refractivity contribution in [2.24, 2.45) is 0 Å². The van der Waals surface area contributed by atoms with Crippen LogP contribution in [0.2, 0.25) is 0 Å². The van der Waals surface area contributed by atoms with Gasteiger partial charge in [-0.1, -0.05) is 0 Å². The maximum Gasteiger partial charge on any atom is 0.516 e. The van der Waals surface area contributed by atoms with E-state index < -0.39 is 18.3 Å². The van der Waals surface area contributed by atoms with Crippen LogP contribution in [0.3, 0.4) is 0 Å². The zero-order chi connectivity index (χ0) is 14.3. The molecule has 0 aliphatic carbocycles. The van der Waals surface area contributed by atoms with Crippen LogP contribution in [0.25, 0.3) is 0 Å². The molecule has 1 aromatic rings. The van der Waals surface area contributed by atoms with Crippen LogP contribution in [0.5, 0.6) is 0 Å². The summed E-state index contributed by atoms with van der Waals surface area (Å²) in [7, 11) is -0.538. The summed E-state index contributed by atoms with van der Waals surface area (Å²) in [4.78, 5) is 19.2. The molecule has 2 rings (SSSR count). The first kappa shape index (κ1) is 14.0. The highest BCUT2D eigenvalue weighted by molar-refractivity contribution is 6.61. The SMILES string of the molecule is CC(=O)Nc1cnc(B2OC(C)(C)C(C)(C)O2)cn1. The van der Waals surface area contributed by atoms with Crippen LogP contribution in [0.4, 0.5) is 5.82 Å². The van der Waals surface area contributed by atoms with Crippen molar-refractivity contribution >= 4 is 24.4 Å². The molecule has 1 aliphatic heterocycles. The van der Waals surface area contributed by atoms with Gasteiger partial charge in [0.05, 0.1) is 23.0 Å². The summed E-state index contributed by atoms with van der Waals surface area (Å²) in [5, 5.41) is 2.56. The van der Waals surface area contributed by atoms with Crippen LogP contribution in [-0.4, -0.2) is 34.2 Å². The summed E-state index contributed by atoms with van der Waals surface area (Å²) in [5.74, 6) is 0.227. The van der Waals surface area contributed by atoms with Gasteiger partial charge in [0.15, 0.2) is 5.82 Å². The molecule has 0 atom stereocenters. The highest BCUT2D eigenvalue weighted by Crippen LogP contribution is 2.36. The van der Waals surface area contributed by atoms with Crippen molar-refractivity contribution in [3.63, 3.8) is 0 Å². The lowest BCUT2D eigenvalue weighted by molar-refractivity contribution is -0.114. The second-order valence-corrected chi connectivity index (χ2v) is 5.60. The summed E-state index contributed by atoms with van der Waals surface area (Å²) < 4.78 is 11.7. The van der Waals surface area contributed by atoms with E-state index >= 15 is 0 Å². The molecule has 19 heavy (non-hydrogen) atoms. The number of carbonyl (C=O) groups is 1. The third-order valence-electron chi connectivity index (χ3n) is 3.47. The van der Waals surface area contributed by atoms with Crippen molar-refractivity contribution in [3.8, 4) is 0 Å². The number of carbonyl (C=O) groups excluding carboxylic acids is 1. The maximum absolute atomic E-state index is 10.9. The average molecular weight is 263 g/mol. The molecule has 0 bridgehead atoms. The molecule has 2 heterocycles. The smallest absolute Gasteiger partial charge is 0.398 e. The molecule has 0 saturated carbocycles. The van der Waals surface area contributed by atoms with Gasteiger partial charge in [-0.2, -0.15) is 0 Å². The highest BCUT2D eigenvalue weighted by atomic mass is 16.7. The van der Waals surface area contributed by atoms with E-state index in [4.69, 9.17) is 9.31 Å². The molecule has 0 spiro atoms. The van der Waals surface area contributed by atoms with E-state index in [9.17, 15) is 4.79 Å². The van der Waals surface area contributed by atoms with Crippen LogP contribution in [0.15, 0.2) is 12.4 Å². The van der Waals surface area contributed by atoms with Crippen molar-refractivity contribution < 1.29 is 14.1 Å². The van der Waals surface area contributed by atoms with E-state index in [-0.39, 0.29) is 5.91 Å². The molecule has 1 N–H and O–H groups in total. The van der Waals surface area contributed by atoms with Crippen molar-refractivity contribution in [2.75, 3.05) is 5.32 Å². The van der Waals surface area contributed by atoms with Crippen LogP contribution in [-0.2, 0) is 14.1 Å². The second kappa shape index (κ2) is 4.57. The van der Waals surface area contributed by atoms with E-state index in [1.165, 1.54) is 13.1 Å². The minimum Gasteiger partial charge on any atom is -0.398 e. The largest absolute Gasteiger partial charge is 0.516 e. The van der Waals surface area contributed by atoms with Crippen LogP contribution in [0, 0.1) is 0 Å². The van der Waals surface area contributed by atoms with Gasteiger partial charge in [-0.25, -0.2) is 4.98 Å². The Morgan fingerprint density at radius 1 is 1.16 bits per heavy atom. The molecule has 0 aromatic carbocycles. The lowest BCUT2D eigenvalue weighted by atomic mass is 9.85. The Morgan fingerprint density at radius 3 is 2.16 bits per heavy atom. The molecule has 1 saturated heterocycles. The molecule has 1 amide bonds. The molecule has 6 nitrogen and oxygen atoms in total. The fraction of sp³-hybridized carbons (Fsp3) is 0.583. The number of anilines is 1. The van der Waals surface area contributed by atoms with E-state index in [1.807, 2.05) is 27.7 Å². The monoisotopic (exact) mass is 263 g/mol. The van der Waals surface area contributed by atoms with E-state index in [0.717, 1.165) is 0 Å². The molecule has 1 aromatic heterocycles. The third kappa shape index (κ3) is 2.77.